The first kappa shape index (κ1) is 15.3. The SMILES string of the molecule is CNS(=O)(=O)c1ccc(C)c(NCC2CCC(C)O2)c1. The predicted octanol–water partition coefficient (Wildman–Crippen LogP) is 1.88. The molecule has 0 aliphatic carbocycles. The lowest BCUT2D eigenvalue weighted by atomic mass is 10.1. The summed E-state index contributed by atoms with van der Waals surface area (Å²) in [6.07, 6.45) is 2.65. The van der Waals surface area contributed by atoms with E-state index in [1.807, 2.05) is 13.0 Å². The lowest BCUT2D eigenvalue weighted by molar-refractivity contribution is 0.0637. The standard InChI is InChI=1S/C14H22N2O3S/c1-10-4-7-13(20(17,18)15-3)8-14(10)16-9-12-6-5-11(2)19-12/h4,7-8,11-12,15-16H,5-6,9H2,1-3H3. The van der Waals surface area contributed by atoms with Gasteiger partial charge < -0.3 is 10.1 Å². The van der Waals surface area contributed by atoms with Crippen LogP contribution in [0.5, 0.6) is 0 Å². The topological polar surface area (TPSA) is 67.4 Å². The lowest BCUT2D eigenvalue weighted by Crippen LogP contribution is -2.21. The Morgan fingerprint density at radius 1 is 1.35 bits per heavy atom. The Bertz CT molecular complexity index is 572. The normalized spacial score (nSPS) is 22.9. The van der Waals surface area contributed by atoms with E-state index in [0.29, 0.717) is 12.6 Å². The van der Waals surface area contributed by atoms with Gasteiger partial charge in [-0.1, -0.05) is 6.07 Å². The zero-order chi connectivity index (χ0) is 14.8. The lowest BCUT2D eigenvalue weighted by Gasteiger charge is -2.15. The van der Waals surface area contributed by atoms with Crippen LogP contribution >= 0.6 is 0 Å². The Labute approximate surface area is 120 Å². The van der Waals surface area contributed by atoms with Crippen molar-refractivity contribution in [2.75, 3.05) is 18.9 Å². The monoisotopic (exact) mass is 298 g/mol. The highest BCUT2D eigenvalue weighted by Gasteiger charge is 2.21. The van der Waals surface area contributed by atoms with E-state index in [2.05, 4.69) is 17.0 Å². The fourth-order valence-corrected chi connectivity index (χ4v) is 3.09. The highest BCUT2D eigenvalue weighted by atomic mass is 32.2. The summed E-state index contributed by atoms with van der Waals surface area (Å²) < 4.78 is 31.7. The van der Waals surface area contributed by atoms with E-state index in [9.17, 15) is 8.42 Å². The molecule has 0 spiro atoms. The number of benzene rings is 1. The second-order valence-electron chi connectivity index (χ2n) is 5.21. The molecule has 1 aliphatic rings. The maximum atomic E-state index is 11.8. The molecule has 5 nitrogen and oxygen atoms in total. The number of hydrogen-bond donors (Lipinski definition) is 2. The van der Waals surface area contributed by atoms with Gasteiger partial charge in [0.15, 0.2) is 0 Å². The van der Waals surface area contributed by atoms with Gasteiger partial charge in [-0.05, 0) is 51.4 Å². The number of anilines is 1. The smallest absolute Gasteiger partial charge is 0.240 e. The summed E-state index contributed by atoms with van der Waals surface area (Å²) in [5.41, 5.74) is 1.86. The molecule has 1 fully saturated rings. The second kappa shape index (κ2) is 6.11. The van der Waals surface area contributed by atoms with Crippen molar-refractivity contribution >= 4 is 15.7 Å². The van der Waals surface area contributed by atoms with Crippen LogP contribution in [0.25, 0.3) is 0 Å². The van der Waals surface area contributed by atoms with Gasteiger partial charge in [-0.3, -0.25) is 0 Å². The van der Waals surface area contributed by atoms with E-state index in [-0.39, 0.29) is 11.0 Å². The molecule has 1 aromatic rings. The summed E-state index contributed by atoms with van der Waals surface area (Å²) in [5.74, 6) is 0. The number of rotatable bonds is 5. The molecule has 1 aliphatic heterocycles. The Morgan fingerprint density at radius 2 is 2.10 bits per heavy atom. The zero-order valence-corrected chi connectivity index (χ0v) is 13.0. The van der Waals surface area contributed by atoms with Crippen molar-refractivity contribution in [1.82, 2.24) is 4.72 Å². The van der Waals surface area contributed by atoms with E-state index in [0.717, 1.165) is 24.1 Å². The van der Waals surface area contributed by atoms with E-state index in [4.69, 9.17) is 4.74 Å². The van der Waals surface area contributed by atoms with Crippen molar-refractivity contribution in [3.63, 3.8) is 0 Å². The largest absolute Gasteiger partial charge is 0.382 e. The highest BCUT2D eigenvalue weighted by Crippen LogP contribution is 2.23. The zero-order valence-electron chi connectivity index (χ0n) is 12.1. The molecular weight excluding hydrogens is 276 g/mol. The minimum absolute atomic E-state index is 0.203. The van der Waals surface area contributed by atoms with Crippen LogP contribution in [0.2, 0.25) is 0 Å². The number of aryl methyl sites for hydroxylation is 1. The molecule has 2 N–H and O–H groups in total. The van der Waals surface area contributed by atoms with Crippen LogP contribution in [0.4, 0.5) is 5.69 Å². The van der Waals surface area contributed by atoms with Crippen molar-refractivity contribution in [2.45, 2.75) is 43.8 Å². The van der Waals surface area contributed by atoms with Gasteiger partial charge in [0.05, 0.1) is 17.1 Å². The molecule has 112 valence electrons. The third-order valence-electron chi connectivity index (χ3n) is 3.63. The van der Waals surface area contributed by atoms with Gasteiger partial charge in [-0.2, -0.15) is 0 Å². The molecular formula is C14H22N2O3S. The summed E-state index contributed by atoms with van der Waals surface area (Å²) in [6, 6.07) is 5.09. The first-order valence-electron chi connectivity index (χ1n) is 6.86. The molecule has 0 saturated carbocycles. The van der Waals surface area contributed by atoms with Crippen molar-refractivity contribution < 1.29 is 13.2 Å². The van der Waals surface area contributed by atoms with Gasteiger partial charge >= 0.3 is 0 Å². The quantitative estimate of drug-likeness (QED) is 0.871. The van der Waals surface area contributed by atoms with Crippen LogP contribution in [0.1, 0.15) is 25.3 Å². The molecule has 1 heterocycles. The molecule has 20 heavy (non-hydrogen) atoms. The van der Waals surface area contributed by atoms with Crippen molar-refractivity contribution in [3.05, 3.63) is 23.8 Å². The molecule has 1 aromatic carbocycles. The van der Waals surface area contributed by atoms with Crippen LogP contribution in [-0.2, 0) is 14.8 Å². The van der Waals surface area contributed by atoms with Gasteiger partial charge in [-0.15, -0.1) is 0 Å². The summed E-state index contributed by atoms with van der Waals surface area (Å²) in [7, 11) is -1.99. The molecule has 2 unspecified atom stereocenters. The molecule has 0 radical (unpaired) electrons. The van der Waals surface area contributed by atoms with E-state index < -0.39 is 10.0 Å². The van der Waals surface area contributed by atoms with Crippen LogP contribution in [0.15, 0.2) is 23.1 Å². The van der Waals surface area contributed by atoms with Gasteiger partial charge in [-0.25, -0.2) is 13.1 Å². The van der Waals surface area contributed by atoms with Crippen LogP contribution in [-0.4, -0.2) is 34.2 Å². The summed E-state index contributed by atoms with van der Waals surface area (Å²) in [4.78, 5) is 0.272. The fourth-order valence-electron chi connectivity index (χ4n) is 2.34. The van der Waals surface area contributed by atoms with Crippen molar-refractivity contribution in [3.8, 4) is 0 Å². The molecule has 0 aromatic heterocycles. The second-order valence-corrected chi connectivity index (χ2v) is 7.10. The van der Waals surface area contributed by atoms with Gasteiger partial charge in [0.25, 0.3) is 0 Å². The third kappa shape index (κ3) is 3.50. The third-order valence-corrected chi connectivity index (χ3v) is 5.04. The summed E-state index contributed by atoms with van der Waals surface area (Å²) in [5, 5.41) is 3.29. The molecule has 2 rings (SSSR count). The van der Waals surface area contributed by atoms with Crippen LogP contribution < -0.4 is 10.0 Å². The minimum Gasteiger partial charge on any atom is -0.382 e. The van der Waals surface area contributed by atoms with Crippen molar-refractivity contribution in [1.29, 1.82) is 0 Å². The Balaban J connectivity index is 2.09. The van der Waals surface area contributed by atoms with Gasteiger partial charge in [0.2, 0.25) is 10.0 Å². The number of hydrogen-bond acceptors (Lipinski definition) is 4. The average molecular weight is 298 g/mol. The predicted molar refractivity (Wildman–Crippen MR) is 79.5 cm³/mol. The number of nitrogens with one attached hydrogen (secondary N) is 2. The molecule has 2 atom stereocenters. The summed E-state index contributed by atoms with van der Waals surface area (Å²) in [6.45, 7) is 4.73. The van der Waals surface area contributed by atoms with E-state index in [1.165, 1.54) is 7.05 Å². The Morgan fingerprint density at radius 3 is 2.70 bits per heavy atom. The average Bonchev–Trinajstić information content (AvgIpc) is 2.83. The molecule has 0 amide bonds. The Hall–Kier alpha value is -1.11. The van der Waals surface area contributed by atoms with E-state index in [1.54, 1.807) is 12.1 Å². The first-order valence-corrected chi connectivity index (χ1v) is 8.34. The molecule has 0 bridgehead atoms. The Kier molecular flexibility index (Phi) is 4.67. The van der Waals surface area contributed by atoms with Gasteiger partial charge in [0.1, 0.15) is 0 Å². The minimum atomic E-state index is -3.40. The summed E-state index contributed by atoms with van der Waals surface area (Å²) >= 11 is 0. The van der Waals surface area contributed by atoms with Crippen LogP contribution in [0.3, 0.4) is 0 Å². The fraction of sp³-hybridized carbons (Fsp3) is 0.571. The number of ether oxygens (including phenoxy) is 1. The number of sulfonamides is 1. The molecule has 1 saturated heterocycles. The van der Waals surface area contributed by atoms with Crippen LogP contribution in [0, 0.1) is 6.92 Å². The van der Waals surface area contributed by atoms with Gasteiger partial charge in [0, 0.05) is 12.2 Å². The maximum absolute atomic E-state index is 11.8. The van der Waals surface area contributed by atoms with E-state index >= 15 is 0 Å². The highest BCUT2D eigenvalue weighted by molar-refractivity contribution is 7.89. The molecule has 6 heteroatoms. The maximum Gasteiger partial charge on any atom is 0.240 e. The van der Waals surface area contributed by atoms with Crippen molar-refractivity contribution in [2.24, 2.45) is 0 Å². The first-order chi connectivity index (χ1) is 9.42.